The molecule has 1 fully saturated rings. The molecular weight excluding hydrogens is 406 g/mol. The van der Waals surface area contributed by atoms with Crippen molar-refractivity contribution in [3.05, 3.63) is 28.7 Å². The number of benzene rings is 1. The van der Waals surface area contributed by atoms with Crippen LogP contribution in [0.15, 0.2) is 38.0 Å². The van der Waals surface area contributed by atoms with Crippen molar-refractivity contribution >= 4 is 54.0 Å². The zero-order valence-corrected chi connectivity index (χ0v) is 15.6. The Labute approximate surface area is 146 Å². The molecule has 22 heavy (non-hydrogen) atoms. The van der Waals surface area contributed by atoms with E-state index < -0.39 is 9.84 Å². The highest BCUT2D eigenvalue weighted by Gasteiger charge is 2.22. The Morgan fingerprint density at radius 3 is 2.68 bits per heavy atom. The van der Waals surface area contributed by atoms with Crippen LogP contribution in [0.5, 0.6) is 0 Å². The molecule has 1 aromatic heterocycles. The highest BCUT2D eigenvalue weighted by Crippen LogP contribution is 2.30. The van der Waals surface area contributed by atoms with E-state index in [1.807, 2.05) is 0 Å². The lowest BCUT2D eigenvalue weighted by molar-refractivity contribution is 0.597. The van der Waals surface area contributed by atoms with Gasteiger partial charge in [0.05, 0.1) is 10.6 Å². The number of nitrogens with zero attached hydrogens (tertiary/aromatic N) is 2. The van der Waals surface area contributed by atoms with Gasteiger partial charge in [-0.05, 0) is 37.1 Å². The molecule has 1 N–H and O–H groups in total. The van der Waals surface area contributed by atoms with Crippen LogP contribution in [-0.2, 0) is 9.84 Å². The molecule has 0 unspecified atom stereocenters. The molecule has 0 spiro atoms. The second kappa shape index (κ2) is 6.86. The van der Waals surface area contributed by atoms with Crippen molar-refractivity contribution in [1.82, 2.24) is 10.2 Å². The Morgan fingerprint density at radius 1 is 1.27 bits per heavy atom. The van der Waals surface area contributed by atoms with Gasteiger partial charge in [-0.2, -0.15) is 0 Å². The summed E-state index contributed by atoms with van der Waals surface area (Å²) in [6, 6.07) is 7.25. The van der Waals surface area contributed by atoms with E-state index in [9.17, 15) is 8.42 Å². The molecule has 1 heterocycles. The summed E-state index contributed by atoms with van der Waals surface area (Å²) in [5.41, 5.74) is 0. The fraction of sp³-hybridized carbons (Fsp3) is 0.385. The minimum absolute atomic E-state index is 0.0876. The number of aromatic nitrogens is 2. The summed E-state index contributed by atoms with van der Waals surface area (Å²) >= 11 is 6.21. The number of hydrogen-bond acceptors (Lipinski definition) is 7. The van der Waals surface area contributed by atoms with Crippen LogP contribution in [0.2, 0.25) is 0 Å². The quantitative estimate of drug-likeness (QED) is 0.692. The molecule has 1 aliphatic rings. The monoisotopic (exact) mass is 419 g/mol. The lowest BCUT2D eigenvalue weighted by Gasteiger charge is -2.03. The number of thioether (sulfide) groups is 1. The van der Waals surface area contributed by atoms with Gasteiger partial charge in [0.2, 0.25) is 5.13 Å². The molecule has 1 aromatic carbocycles. The van der Waals surface area contributed by atoms with Crippen molar-refractivity contribution in [3.8, 4) is 0 Å². The van der Waals surface area contributed by atoms with Gasteiger partial charge in [-0.1, -0.05) is 39.0 Å². The molecule has 0 amide bonds. The highest BCUT2D eigenvalue weighted by atomic mass is 79.9. The predicted molar refractivity (Wildman–Crippen MR) is 93.5 cm³/mol. The average Bonchev–Trinajstić information content (AvgIpc) is 3.17. The Balaban J connectivity index is 1.53. The summed E-state index contributed by atoms with van der Waals surface area (Å²) < 4.78 is 26.1. The molecule has 5 nitrogen and oxygen atoms in total. The first-order chi connectivity index (χ1) is 10.5. The van der Waals surface area contributed by atoms with Gasteiger partial charge in [-0.3, -0.25) is 0 Å². The van der Waals surface area contributed by atoms with Gasteiger partial charge in [0.25, 0.3) is 0 Å². The summed E-state index contributed by atoms with van der Waals surface area (Å²) in [5, 5.41) is 12.2. The van der Waals surface area contributed by atoms with Crippen LogP contribution in [0, 0.1) is 0 Å². The molecule has 0 radical (unpaired) electrons. The number of nitrogens with one attached hydrogen (secondary N) is 1. The van der Waals surface area contributed by atoms with E-state index in [-0.39, 0.29) is 5.75 Å². The predicted octanol–water partition coefficient (Wildman–Crippen LogP) is 3.44. The van der Waals surface area contributed by atoms with Crippen molar-refractivity contribution in [1.29, 1.82) is 0 Å². The van der Waals surface area contributed by atoms with Gasteiger partial charge < -0.3 is 5.32 Å². The maximum atomic E-state index is 12.2. The molecule has 3 rings (SSSR count). The zero-order chi connectivity index (χ0) is 15.6. The number of hydrogen-bond donors (Lipinski definition) is 1. The second-order valence-corrected chi connectivity index (χ2v) is 10.3. The first-order valence-corrected chi connectivity index (χ1v) is 11.0. The van der Waals surface area contributed by atoms with Crippen LogP contribution < -0.4 is 5.32 Å². The number of halogens is 1. The van der Waals surface area contributed by atoms with Gasteiger partial charge in [0, 0.05) is 16.3 Å². The van der Waals surface area contributed by atoms with E-state index in [1.54, 1.807) is 24.3 Å². The normalized spacial score (nSPS) is 15.0. The van der Waals surface area contributed by atoms with Gasteiger partial charge in [0.1, 0.15) is 0 Å². The molecule has 2 aromatic rings. The molecular formula is C13H14BrN3O2S3. The third-order valence-corrected chi connectivity index (χ3v) is 7.57. The SMILES string of the molecule is O=S(=O)(CCSc1nnc(NC2CC2)s1)c1ccc(Br)cc1. The molecule has 0 aliphatic heterocycles. The van der Waals surface area contributed by atoms with Crippen molar-refractivity contribution in [2.45, 2.75) is 28.1 Å². The minimum atomic E-state index is -3.25. The highest BCUT2D eigenvalue weighted by molar-refractivity contribution is 9.10. The van der Waals surface area contributed by atoms with E-state index in [0.717, 1.165) is 13.9 Å². The van der Waals surface area contributed by atoms with Crippen LogP contribution in [0.3, 0.4) is 0 Å². The topological polar surface area (TPSA) is 72.0 Å². The Kier molecular flexibility index (Phi) is 5.06. The van der Waals surface area contributed by atoms with Crippen molar-refractivity contribution in [2.24, 2.45) is 0 Å². The van der Waals surface area contributed by atoms with Crippen LogP contribution in [0.1, 0.15) is 12.8 Å². The van der Waals surface area contributed by atoms with E-state index in [2.05, 4.69) is 31.4 Å². The van der Waals surface area contributed by atoms with Crippen LogP contribution >= 0.6 is 39.0 Å². The summed E-state index contributed by atoms with van der Waals surface area (Å²) in [7, 11) is -3.25. The lowest BCUT2D eigenvalue weighted by atomic mass is 10.4. The summed E-state index contributed by atoms with van der Waals surface area (Å²) in [6.45, 7) is 0. The van der Waals surface area contributed by atoms with Crippen LogP contribution in [0.4, 0.5) is 5.13 Å². The van der Waals surface area contributed by atoms with Gasteiger partial charge in [-0.15, -0.1) is 10.2 Å². The second-order valence-electron chi connectivity index (χ2n) is 4.91. The van der Waals surface area contributed by atoms with E-state index in [0.29, 0.717) is 16.7 Å². The number of rotatable bonds is 7. The van der Waals surface area contributed by atoms with Gasteiger partial charge in [0.15, 0.2) is 14.2 Å². The molecule has 0 bridgehead atoms. The zero-order valence-electron chi connectivity index (χ0n) is 11.5. The first-order valence-electron chi connectivity index (χ1n) is 6.74. The molecule has 0 atom stereocenters. The molecule has 0 saturated heterocycles. The summed E-state index contributed by atoms with van der Waals surface area (Å²) in [4.78, 5) is 0.352. The molecule has 1 saturated carbocycles. The Morgan fingerprint density at radius 2 is 2.00 bits per heavy atom. The van der Waals surface area contributed by atoms with E-state index >= 15 is 0 Å². The molecule has 9 heteroatoms. The van der Waals surface area contributed by atoms with Crippen molar-refractivity contribution < 1.29 is 8.42 Å². The number of sulfone groups is 1. The van der Waals surface area contributed by atoms with Gasteiger partial charge >= 0.3 is 0 Å². The maximum absolute atomic E-state index is 12.2. The number of anilines is 1. The fourth-order valence-corrected chi connectivity index (χ4v) is 5.54. The Hall–Kier alpha value is -0.640. The minimum Gasteiger partial charge on any atom is -0.357 e. The van der Waals surface area contributed by atoms with Crippen molar-refractivity contribution in [2.75, 3.05) is 16.8 Å². The van der Waals surface area contributed by atoms with E-state index in [1.165, 1.54) is 35.9 Å². The smallest absolute Gasteiger partial charge is 0.206 e. The molecule has 1 aliphatic carbocycles. The molecule has 118 valence electrons. The van der Waals surface area contributed by atoms with Gasteiger partial charge in [-0.25, -0.2) is 8.42 Å². The van der Waals surface area contributed by atoms with Crippen LogP contribution in [0.25, 0.3) is 0 Å². The van der Waals surface area contributed by atoms with Crippen LogP contribution in [-0.4, -0.2) is 36.2 Å². The summed E-state index contributed by atoms with van der Waals surface area (Å²) in [6.07, 6.45) is 2.38. The Bertz CT molecular complexity index is 742. The summed E-state index contributed by atoms with van der Waals surface area (Å²) in [5.74, 6) is 0.556. The standard InChI is InChI=1S/C13H14BrN3O2S3/c14-9-1-5-11(6-2-9)22(18,19)8-7-20-13-17-16-12(21-13)15-10-3-4-10/h1-2,5-6,10H,3-4,7-8H2,(H,15,16). The fourth-order valence-electron chi connectivity index (χ4n) is 1.73. The maximum Gasteiger partial charge on any atom is 0.206 e. The van der Waals surface area contributed by atoms with E-state index in [4.69, 9.17) is 0 Å². The third kappa shape index (κ3) is 4.43. The van der Waals surface area contributed by atoms with Crippen molar-refractivity contribution in [3.63, 3.8) is 0 Å². The third-order valence-electron chi connectivity index (χ3n) is 3.06. The lowest BCUT2D eigenvalue weighted by Crippen LogP contribution is -2.08. The largest absolute Gasteiger partial charge is 0.357 e. The first kappa shape index (κ1) is 16.2. The average molecular weight is 420 g/mol.